The molecule has 0 bridgehead atoms. The van der Waals surface area contributed by atoms with E-state index in [1.807, 2.05) is 0 Å². The van der Waals surface area contributed by atoms with E-state index in [-0.39, 0.29) is 22.9 Å². The normalized spacial score (nSPS) is 16.8. The minimum absolute atomic E-state index is 0.0106. The maximum absolute atomic E-state index is 13.8. The number of alkyl halides is 3. The van der Waals surface area contributed by atoms with Crippen molar-refractivity contribution < 1.29 is 22.5 Å². The Labute approximate surface area is 180 Å². The Morgan fingerprint density at radius 3 is 2.66 bits per heavy atom. The zero-order valence-corrected chi connectivity index (χ0v) is 17.0. The molecule has 0 N–H and O–H groups in total. The zero-order chi connectivity index (χ0) is 22.5. The number of likely N-dealkylation sites (tertiary alicyclic amines) is 1. The van der Waals surface area contributed by atoms with E-state index in [4.69, 9.17) is 4.52 Å². The van der Waals surface area contributed by atoms with Crippen molar-refractivity contribution in [1.82, 2.24) is 24.7 Å². The first-order valence-electron chi connectivity index (χ1n) is 10.1. The van der Waals surface area contributed by atoms with Gasteiger partial charge in [0.1, 0.15) is 5.56 Å². The van der Waals surface area contributed by atoms with Crippen LogP contribution in [0.15, 0.2) is 53.2 Å². The summed E-state index contributed by atoms with van der Waals surface area (Å²) in [7, 11) is 0. The molecule has 10 heteroatoms. The Morgan fingerprint density at radius 1 is 1.19 bits per heavy atom. The van der Waals surface area contributed by atoms with Crippen molar-refractivity contribution in [3.8, 4) is 11.3 Å². The van der Waals surface area contributed by atoms with Crippen LogP contribution in [0.2, 0.25) is 0 Å². The standard InChI is InChI=1S/C22H18F3N5O2/c1-13-10-18(32-28-13)17-8-5-9-29(17)21(31)15-12-26-30-19(22(23,24)25)11-16(27-20(15)30)14-6-3-2-4-7-14/h2-4,6-7,10-12,17H,5,8-9H2,1H3. The van der Waals surface area contributed by atoms with E-state index in [1.165, 1.54) is 0 Å². The minimum atomic E-state index is -4.68. The fraction of sp³-hybridized carbons (Fsp3) is 0.273. The quantitative estimate of drug-likeness (QED) is 0.461. The molecule has 1 atom stereocenters. The number of carbonyl (C=O) groups excluding carboxylic acids is 1. The Morgan fingerprint density at radius 2 is 1.97 bits per heavy atom. The van der Waals surface area contributed by atoms with Gasteiger partial charge in [-0.15, -0.1) is 0 Å². The van der Waals surface area contributed by atoms with Crippen molar-refractivity contribution in [2.45, 2.75) is 32.0 Å². The molecule has 4 heterocycles. The molecule has 1 aromatic carbocycles. The topological polar surface area (TPSA) is 76.5 Å². The first-order chi connectivity index (χ1) is 15.3. The molecule has 32 heavy (non-hydrogen) atoms. The number of hydrogen-bond acceptors (Lipinski definition) is 5. The van der Waals surface area contributed by atoms with Crippen LogP contribution in [0.5, 0.6) is 0 Å². The summed E-state index contributed by atoms with van der Waals surface area (Å²) >= 11 is 0. The lowest BCUT2D eigenvalue weighted by Crippen LogP contribution is -2.30. The van der Waals surface area contributed by atoms with Gasteiger partial charge in [0, 0.05) is 18.2 Å². The van der Waals surface area contributed by atoms with Gasteiger partial charge in [0.05, 0.1) is 23.6 Å². The smallest absolute Gasteiger partial charge is 0.359 e. The van der Waals surface area contributed by atoms with Crippen LogP contribution in [-0.4, -0.2) is 37.1 Å². The summed E-state index contributed by atoms with van der Waals surface area (Å²) < 4.78 is 47.5. The van der Waals surface area contributed by atoms with E-state index in [1.54, 1.807) is 48.2 Å². The molecule has 7 nitrogen and oxygen atoms in total. The Kier molecular flexibility index (Phi) is 4.72. The van der Waals surface area contributed by atoms with Crippen LogP contribution in [0.3, 0.4) is 0 Å². The van der Waals surface area contributed by atoms with Gasteiger partial charge in [-0.3, -0.25) is 4.79 Å². The summed E-state index contributed by atoms with van der Waals surface area (Å²) in [6.45, 7) is 2.23. The lowest BCUT2D eigenvalue weighted by molar-refractivity contribution is -0.142. The van der Waals surface area contributed by atoms with Crippen molar-refractivity contribution >= 4 is 11.6 Å². The van der Waals surface area contributed by atoms with Crippen LogP contribution < -0.4 is 0 Å². The molecular formula is C22H18F3N5O2. The number of benzene rings is 1. The van der Waals surface area contributed by atoms with Crippen molar-refractivity contribution in [2.75, 3.05) is 6.54 Å². The third-order valence-electron chi connectivity index (χ3n) is 5.55. The molecule has 0 saturated carbocycles. The van der Waals surface area contributed by atoms with Crippen LogP contribution in [0.1, 0.15) is 46.4 Å². The van der Waals surface area contributed by atoms with Gasteiger partial charge in [0.25, 0.3) is 5.91 Å². The van der Waals surface area contributed by atoms with E-state index in [9.17, 15) is 18.0 Å². The number of carbonyl (C=O) groups is 1. The molecule has 0 aliphatic carbocycles. The lowest BCUT2D eigenvalue weighted by Gasteiger charge is -2.22. The summed E-state index contributed by atoms with van der Waals surface area (Å²) in [5, 5.41) is 7.75. The molecule has 1 amide bonds. The monoisotopic (exact) mass is 441 g/mol. The SMILES string of the molecule is Cc1cc(C2CCCN2C(=O)c2cnn3c(C(F)(F)F)cc(-c4ccccc4)nc23)on1. The molecular weight excluding hydrogens is 423 g/mol. The summed E-state index contributed by atoms with van der Waals surface area (Å²) in [4.78, 5) is 19.4. The van der Waals surface area contributed by atoms with Crippen LogP contribution in [0, 0.1) is 6.92 Å². The highest BCUT2D eigenvalue weighted by Gasteiger charge is 2.38. The summed E-state index contributed by atoms with van der Waals surface area (Å²) in [6.07, 6.45) is -2.11. The molecule has 4 aromatic rings. The van der Waals surface area contributed by atoms with Crippen molar-refractivity contribution in [2.24, 2.45) is 0 Å². The van der Waals surface area contributed by atoms with Gasteiger partial charge in [-0.2, -0.15) is 18.3 Å². The minimum Gasteiger partial charge on any atom is -0.359 e. The van der Waals surface area contributed by atoms with Gasteiger partial charge in [0.2, 0.25) is 0 Å². The molecule has 1 aliphatic rings. The molecule has 3 aromatic heterocycles. The van der Waals surface area contributed by atoms with E-state index >= 15 is 0 Å². The number of nitrogens with zero attached hydrogens (tertiary/aromatic N) is 5. The van der Waals surface area contributed by atoms with Gasteiger partial charge in [-0.25, -0.2) is 9.50 Å². The highest BCUT2D eigenvalue weighted by molar-refractivity contribution is 6.00. The number of halogens is 3. The van der Waals surface area contributed by atoms with Crippen molar-refractivity contribution in [3.05, 3.63) is 71.4 Å². The Hall–Kier alpha value is -3.69. The van der Waals surface area contributed by atoms with Gasteiger partial charge in [-0.1, -0.05) is 35.5 Å². The van der Waals surface area contributed by atoms with Gasteiger partial charge >= 0.3 is 6.18 Å². The van der Waals surface area contributed by atoms with Crippen LogP contribution in [0.25, 0.3) is 16.9 Å². The van der Waals surface area contributed by atoms with Gasteiger partial charge < -0.3 is 9.42 Å². The number of aryl methyl sites for hydroxylation is 1. The Balaban J connectivity index is 1.62. The second kappa shape index (κ2) is 7.47. The van der Waals surface area contributed by atoms with E-state index in [0.29, 0.717) is 34.5 Å². The molecule has 1 aliphatic heterocycles. The molecule has 164 valence electrons. The average Bonchev–Trinajstić information content (AvgIpc) is 3.51. The number of hydrogen-bond donors (Lipinski definition) is 0. The first kappa shape index (κ1) is 20.2. The lowest BCUT2D eigenvalue weighted by atomic mass is 10.1. The van der Waals surface area contributed by atoms with E-state index in [0.717, 1.165) is 18.7 Å². The highest BCUT2D eigenvalue weighted by atomic mass is 19.4. The van der Waals surface area contributed by atoms with Crippen molar-refractivity contribution in [3.63, 3.8) is 0 Å². The largest absolute Gasteiger partial charge is 0.433 e. The number of amides is 1. The maximum atomic E-state index is 13.8. The average molecular weight is 441 g/mol. The van der Waals surface area contributed by atoms with Gasteiger partial charge in [-0.05, 0) is 25.8 Å². The third-order valence-corrected chi connectivity index (χ3v) is 5.55. The fourth-order valence-electron chi connectivity index (χ4n) is 4.07. The summed E-state index contributed by atoms with van der Waals surface area (Å²) in [5.41, 5.74) is 0.197. The van der Waals surface area contributed by atoms with E-state index < -0.39 is 17.8 Å². The highest BCUT2D eigenvalue weighted by Crippen LogP contribution is 2.36. The second-order valence-electron chi connectivity index (χ2n) is 7.71. The summed E-state index contributed by atoms with van der Waals surface area (Å²) in [6, 6.07) is 10.9. The van der Waals surface area contributed by atoms with Crippen LogP contribution in [-0.2, 0) is 6.18 Å². The summed E-state index contributed by atoms with van der Waals surface area (Å²) in [5.74, 6) is 0.112. The molecule has 1 fully saturated rings. The zero-order valence-electron chi connectivity index (χ0n) is 17.0. The maximum Gasteiger partial charge on any atom is 0.433 e. The van der Waals surface area contributed by atoms with Crippen molar-refractivity contribution in [1.29, 1.82) is 0 Å². The van der Waals surface area contributed by atoms with E-state index in [2.05, 4.69) is 15.2 Å². The van der Waals surface area contributed by atoms with Gasteiger partial charge in [0.15, 0.2) is 17.1 Å². The fourth-order valence-corrected chi connectivity index (χ4v) is 4.07. The number of fused-ring (bicyclic) bond motifs is 1. The number of rotatable bonds is 3. The molecule has 5 rings (SSSR count). The number of aromatic nitrogens is 4. The predicted octanol–water partition coefficient (Wildman–Crippen LogP) is 4.69. The molecule has 0 radical (unpaired) electrons. The predicted molar refractivity (Wildman–Crippen MR) is 108 cm³/mol. The van der Waals surface area contributed by atoms with Crippen LogP contribution in [0.4, 0.5) is 13.2 Å². The molecule has 0 spiro atoms. The third kappa shape index (κ3) is 3.41. The molecule has 1 saturated heterocycles. The second-order valence-corrected chi connectivity index (χ2v) is 7.71. The van der Waals surface area contributed by atoms with Crippen LogP contribution >= 0.6 is 0 Å². The first-order valence-corrected chi connectivity index (χ1v) is 10.1. The molecule has 1 unspecified atom stereocenters. The Bertz CT molecular complexity index is 1300.